The van der Waals surface area contributed by atoms with E-state index in [1.165, 1.54) is 18.7 Å². The summed E-state index contributed by atoms with van der Waals surface area (Å²) in [7, 11) is 0. The Kier molecular flexibility index (Phi) is 13.7. The number of amides is 4. The largest absolute Gasteiger partial charge is 0.481 e. The number of thioether (sulfide) groups is 1. The van der Waals surface area contributed by atoms with Crippen LogP contribution in [0, 0.1) is 0 Å². The first-order valence-corrected chi connectivity index (χ1v) is 11.2. The highest BCUT2D eigenvalue weighted by atomic mass is 32.2. The molecule has 0 spiro atoms. The van der Waals surface area contributed by atoms with Crippen molar-refractivity contribution >= 4 is 47.3 Å². The molecule has 182 valence electrons. The van der Waals surface area contributed by atoms with Crippen LogP contribution in [-0.4, -0.2) is 82.0 Å². The minimum absolute atomic E-state index is 0.0191. The molecular formula is C18H31N5O8S. The number of hydrogen-bond donors (Lipinski definition) is 7. The minimum atomic E-state index is -1.34. The van der Waals surface area contributed by atoms with Crippen LogP contribution in [0.25, 0.3) is 0 Å². The molecule has 0 radical (unpaired) electrons. The van der Waals surface area contributed by atoms with Gasteiger partial charge in [0.1, 0.15) is 18.1 Å². The van der Waals surface area contributed by atoms with Crippen LogP contribution in [0.5, 0.6) is 0 Å². The Balaban J connectivity index is 5.33. The molecule has 0 aliphatic heterocycles. The first kappa shape index (κ1) is 29.1. The van der Waals surface area contributed by atoms with Gasteiger partial charge in [-0.1, -0.05) is 0 Å². The Labute approximate surface area is 189 Å². The summed E-state index contributed by atoms with van der Waals surface area (Å²) >= 11 is 1.40. The molecule has 0 rings (SSSR count). The fraction of sp³-hybridized carbons (Fsp3) is 0.667. The zero-order valence-electron chi connectivity index (χ0n) is 18.0. The molecule has 4 unspecified atom stereocenters. The third-order valence-corrected chi connectivity index (χ3v) is 4.94. The third kappa shape index (κ3) is 12.1. The summed E-state index contributed by atoms with van der Waals surface area (Å²) in [6.07, 6.45) is 1.08. The maximum Gasteiger partial charge on any atom is 0.325 e. The molecule has 0 fully saturated rings. The summed E-state index contributed by atoms with van der Waals surface area (Å²) < 4.78 is 0. The lowest BCUT2D eigenvalue weighted by molar-refractivity contribution is -0.142. The van der Waals surface area contributed by atoms with Crippen molar-refractivity contribution in [3.05, 3.63) is 0 Å². The number of hydrogen-bond acceptors (Lipinski definition) is 8. The van der Waals surface area contributed by atoms with Crippen LogP contribution in [0.4, 0.5) is 0 Å². The molecule has 0 saturated carbocycles. The van der Waals surface area contributed by atoms with Gasteiger partial charge in [-0.25, -0.2) is 0 Å². The molecule has 0 aromatic heterocycles. The molecule has 0 aliphatic rings. The van der Waals surface area contributed by atoms with Crippen LogP contribution < -0.4 is 27.4 Å². The van der Waals surface area contributed by atoms with Crippen LogP contribution in [-0.2, 0) is 28.8 Å². The number of rotatable bonds is 16. The lowest BCUT2D eigenvalue weighted by Crippen LogP contribution is -2.57. The number of nitrogens with one attached hydrogen (secondary N) is 3. The molecular weight excluding hydrogens is 446 g/mol. The van der Waals surface area contributed by atoms with E-state index in [0.29, 0.717) is 5.75 Å². The Morgan fingerprint density at radius 1 is 0.844 bits per heavy atom. The van der Waals surface area contributed by atoms with E-state index in [2.05, 4.69) is 16.0 Å². The van der Waals surface area contributed by atoms with Crippen molar-refractivity contribution in [1.82, 2.24) is 16.0 Å². The summed E-state index contributed by atoms with van der Waals surface area (Å²) in [4.78, 5) is 70.2. The molecule has 0 aromatic carbocycles. The van der Waals surface area contributed by atoms with Crippen LogP contribution >= 0.6 is 11.8 Å². The van der Waals surface area contributed by atoms with Crippen molar-refractivity contribution in [2.75, 3.05) is 12.0 Å². The summed E-state index contributed by atoms with van der Waals surface area (Å²) in [5.41, 5.74) is 10.7. The molecule has 14 heteroatoms. The molecule has 0 bridgehead atoms. The fourth-order valence-corrected chi connectivity index (χ4v) is 2.87. The standard InChI is InChI=1S/C18H31N5O8S/c1-9(18(30)31)21-16(28)11(4-6-14(25)26)23-17(29)12(7-8-32-2)22-15(27)10(19)3-5-13(20)24/h9-12H,3-8,19H2,1-2H3,(H2,20,24)(H,21,28)(H,22,27)(H,23,29)(H,25,26)(H,30,31). The molecule has 9 N–H and O–H groups in total. The Morgan fingerprint density at radius 2 is 1.38 bits per heavy atom. The number of primary amides is 1. The van der Waals surface area contributed by atoms with E-state index in [1.54, 1.807) is 6.26 Å². The van der Waals surface area contributed by atoms with Crippen LogP contribution in [0.15, 0.2) is 0 Å². The molecule has 0 heterocycles. The summed E-state index contributed by atoms with van der Waals surface area (Å²) in [5.74, 6) is -5.01. The van der Waals surface area contributed by atoms with E-state index in [1.807, 2.05) is 0 Å². The van der Waals surface area contributed by atoms with Crippen molar-refractivity contribution < 1.29 is 39.0 Å². The Bertz CT molecular complexity index is 705. The van der Waals surface area contributed by atoms with Gasteiger partial charge in [-0.05, 0) is 38.2 Å². The van der Waals surface area contributed by atoms with E-state index in [9.17, 15) is 28.8 Å². The Morgan fingerprint density at radius 3 is 1.88 bits per heavy atom. The average molecular weight is 478 g/mol. The summed E-state index contributed by atoms with van der Waals surface area (Å²) in [6.45, 7) is 1.21. The molecule has 13 nitrogen and oxygen atoms in total. The first-order valence-electron chi connectivity index (χ1n) is 9.77. The number of nitrogens with two attached hydrogens (primary N) is 2. The topological polar surface area (TPSA) is 231 Å². The van der Waals surface area contributed by atoms with E-state index in [0.717, 1.165) is 0 Å². The van der Waals surface area contributed by atoms with Gasteiger partial charge in [-0.3, -0.25) is 28.8 Å². The van der Waals surface area contributed by atoms with Gasteiger partial charge in [-0.15, -0.1) is 0 Å². The monoisotopic (exact) mass is 477 g/mol. The zero-order chi connectivity index (χ0) is 24.8. The van der Waals surface area contributed by atoms with Crippen LogP contribution in [0.2, 0.25) is 0 Å². The quantitative estimate of drug-likeness (QED) is 0.126. The average Bonchev–Trinajstić information content (AvgIpc) is 2.71. The molecule has 0 saturated heterocycles. The van der Waals surface area contributed by atoms with E-state index in [4.69, 9.17) is 21.7 Å². The lowest BCUT2D eigenvalue weighted by atomic mass is 10.1. The lowest BCUT2D eigenvalue weighted by Gasteiger charge is -2.24. The van der Waals surface area contributed by atoms with Gasteiger partial charge in [0, 0.05) is 12.8 Å². The van der Waals surface area contributed by atoms with Gasteiger partial charge in [0.15, 0.2) is 0 Å². The normalized spacial score (nSPS) is 14.3. The zero-order valence-corrected chi connectivity index (χ0v) is 18.8. The third-order valence-electron chi connectivity index (χ3n) is 4.29. The maximum absolute atomic E-state index is 12.8. The summed E-state index contributed by atoms with van der Waals surface area (Å²) in [5, 5.41) is 24.8. The van der Waals surface area contributed by atoms with Gasteiger partial charge in [0.2, 0.25) is 23.6 Å². The van der Waals surface area contributed by atoms with Gasteiger partial charge < -0.3 is 37.6 Å². The van der Waals surface area contributed by atoms with Crippen molar-refractivity contribution in [3.63, 3.8) is 0 Å². The second-order valence-corrected chi connectivity index (χ2v) is 8.00. The molecule has 0 aromatic rings. The van der Waals surface area contributed by atoms with Crippen molar-refractivity contribution in [2.45, 2.75) is 63.2 Å². The smallest absolute Gasteiger partial charge is 0.325 e. The predicted molar refractivity (Wildman–Crippen MR) is 115 cm³/mol. The highest BCUT2D eigenvalue weighted by Gasteiger charge is 2.29. The number of carbonyl (C=O) groups excluding carboxylic acids is 4. The van der Waals surface area contributed by atoms with Crippen molar-refractivity contribution in [1.29, 1.82) is 0 Å². The number of carboxylic acids is 2. The Hall–Kier alpha value is -2.87. The van der Waals surface area contributed by atoms with Gasteiger partial charge >= 0.3 is 11.9 Å². The SMILES string of the molecule is CSCCC(NC(=O)C(N)CCC(N)=O)C(=O)NC(CCC(=O)O)C(=O)NC(C)C(=O)O. The predicted octanol–water partition coefficient (Wildman–Crippen LogP) is -2.24. The van der Waals surface area contributed by atoms with E-state index in [-0.39, 0.29) is 25.7 Å². The van der Waals surface area contributed by atoms with Crippen LogP contribution in [0.3, 0.4) is 0 Å². The first-order chi connectivity index (χ1) is 14.9. The van der Waals surface area contributed by atoms with E-state index < -0.39 is 66.2 Å². The number of carboxylic acid groups (broad SMARTS) is 2. The number of carbonyl (C=O) groups is 6. The van der Waals surface area contributed by atoms with Gasteiger partial charge in [0.25, 0.3) is 0 Å². The van der Waals surface area contributed by atoms with Gasteiger partial charge in [0.05, 0.1) is 6.04 Å². The van der Waals surface area contributed by atoms with Gasteiger partial charge in [-0.2, -0.15) is 11.8 Å². The van der Waals surface area contributed by atoms with Crippen molar-refractivity contribution in [3.8, 4) is 0 Å². The fourth-order valence-electron chi connectivity index (χ4n) is 2.40. The molecule has 4 amide bonds. The van der Waals surface area contributed by atoms with Crippen LogP contribution in [0.1, 0.15) is 39.0 Å². The van der Waals surface area contributed by atoms with Crippen molar-refractivity contribution in [2.24, 2.45) is 11.5 Å². The number of aliphatic carboxylic acids is 2. The highest BCUT2D eigenvalue weighted by molar-refractivity contribution is 7.98. The second-order valence-electron chi connectivity index (χ2n) is 7.02. The summed E-state index contributed by atoms with van der Waals surface area (Å²) in [6, 6.07) is -4.78. The second kappa shape index (κ2) is 15.0. The minimum Gasteiger partial charge on any atom is -0.481 e. The molecule has 0 aliphatic carbocycles. The molecule has 32 heavy (non-hydrogen) atoms. The maximum atomic E-state index is 12.8. The highest BCUT2D eigenvalue weighted by Crippen LogP contribution is 2.06. The molecule has 4 atom stereocenters. The van der Waals surface area contributed by atoms with E-state index >= 15 is 0 Å².